The molecule has 0 aliphatic carbocycles. The van der Waals surface area contributed by atoms with Crippen molar-refractivity contribution in [3.8, 4) is 0 Å². The first kappa shape index (κ1) is 32.7. The van der Waals surface area contributed by atoms with E-state index in [4.69, 9.17) is 0 Å². The molecule has 4 rings (SSSR count). The van der Waals surface area contributed by atoms with Gasteiger partial charge in [-0.1, -0.05) is 173 Å². The molecule has 0 amide bonds. The summed E-state index contributed by atoms with van der Waals surface area (Å²) in [5.41, 5.74) is 0. The normalized spacial score (nSPS) is 10.1. The number of hydrogen-bond donors (Lipinski definition) is 0. The fraction of sp³-hybridized carbons (Fsp3) is 0.250. The Labute approximate surface area is 239 Å². The van der Waals surface area contributed by atoms with E-state index in [1.807, 2.05) is 0 Å². The molecule has 4 aromatic carbocycles. The van der Waals surface area contributed by atoms with Gasteiger partial charge in [0.15, 0.2) is 0 Å². The molecule has 0 saturated carbocycles. The first-order chi connectivity index (χ1) is 17.0. The van der Waals surface area contributed by atoms with E-state index in [2.05, 4.69) is 155 Å². The SMILES string of the molecule is CCCC[Si](c1ccccc1)c1ccccc1.CP(C)c1ccccc1.CP(C)c1ccccc1.[Pt]. The summed E-state index contributed by atoms with van der Waals surface area (Å²) in [6.45, 7) is 11.3. The standard InChI is InChI=1S/C16H19Si.2C8H11P.Pt/c1-2-3-14-17(15-10-6-4-7-11-15)16-12-8-5-9-13-16;2*1-9(2)8-6-4-3-5-7-8;/h4-13H,2-3,14H2,1H3;2*3-7H,1-2H3;. The molecule has 0 atom stereocenters. The third-order valence-corrected chi connectivity index (χ3v) is 11.1. The first-order valence-corrected chi connectivity index (χ1v) is 18.6. The Morgan fingerprint density at radius 1 is 0.500 bits per heavy atom. The molecule has 0 aromatic heterocycles. The van der Waals surface area contributed by atoms with Crippen molar-refractivity contribution in [2.75, 3.05) is 26.7 Å². The van der Waals surface area contributed by atoms with Crippen LogP contribution in [0.5, 0.6) is 0 Å². The molecular weight excluding hydrogens is 669 g/mol. The van der Waals surface area contributed by atoms with Crippen molar-refractivity contribution in [1.82, 2.24) is 0 Å². The summed E-state index contributed by atoms with van der Waals surface area (Å²) in [6, 6.07) is 44.6. The molecule has 4 heteroatoms. The molecule has 1 radical (unpaired) electrons. The molecule has 0 unspecified atom stereocenters. The van der Waals surface area contributed by atoms with Gasteiger partial charge in [-0.2, -0.15) is 0 Å². The quantitative estimate of drug-likeness (QED) is 0.141. The number of benzene rings is 4. The van der Waals surface area contributed by atoms with E-state index < -0.39 is 8.80 Å². The molecule has 4 aromatic rings. The van der Waals surface area contributed by atoms with E-state index in [-0.39, 0.29) is 36.9 Å². The second-order valence-corrected chi connectivity index (χ2v) is 16.0. The molecule has 0 N–H and O–H groups in total. The molecule has 0 heterocycles. The third-order valence-electron chi connectivity index (χ3n) is 5.57. The van der Waals surface area contributed by atoms with Crippen LogP contribution in [0.15, 0.2) is 121 Å². The molecule has 193 valence electrons. The minimum atomic E-state index is -0.562. The maximum absolute atomic E-state index is 2.29. The predicted molar refractivity (Wildman–Crippen MR) is 167 cm³/mol. The summed E-state index contributed by atoms with van der Waals surface area (Å²) >= 11 is 0. The molecule has 0 aliphatic rings. The Morgan fingerprint density at radius 2 is 0.806 bits per heavy atom. The Hall–Kier alpha value is -1.35. The van der Waals surface area contributed by atoms with Gasteiger partial charge in [-0.3, -0.25) is 0 Å². The Bertz CT molecular complexity index is 944. The van der Waals surface area contributed by atoms with Crippen molar-refractivity contribution in [2.24, 2.45) is 0 Å². The second-order valence-electron chi connectivity index (χ2n) is 8.77. The Kier molecular flexibility index (Phi) is 17.9. The summed E-state index contributed by atoms with van der Waals surface area (Å²) in [5.74, 6) is 0. The van der Waals surface area contributed by atoms with E-state index in [1.165, 1.54) is 39.9 Å². The van der Waals surface area contributed by atoms with E-state index in [0.717, 1.165) is 0 Å². The summed E-state index contributed by atoms with van der Waals surface area (Å²) in [5, 5.41) is 6.04. The fourth-order valence-electron chi connectivity index (χ4n) is 3.54. The zero-order valence-electron chi connectivity index (χ0n) is 22.4. The van der Waals surface area contributed by atoms with Crippen LogP contribution in [0.3, 0.4) is 0 Å². The maximum atomic E-state index is 2.29. The molecule has 0 bridgehead atoms. The average Bonchev–Trinajstić information content (AvgIpc) is 2.92. The topological polar surface area (TPSA) is 0 Å². The summed E-state index contributed by atoms with van der Waals surface area (Å²) in [4.78, 5) is 0. The van der Waals surface area contributed by atoms with Gasteiger partial charge in [0.1, 0.15) is 8.80 Å². The van der Waals surface area contributed by atoms with Gasteiger partial charge in [-0.05, 0) is 37.3 Å². The maximum Gasteiger partial charge on any atom is 0.121 e. The van der Waals surface area contributed by atoms with Gasteiger partial charge in [0.05, 0.1) is 0 Å². The van der Waals surface area contributed by atoms with Gasteiger partial charge in [0, 0.05) is 21.1 Å². The summed E-state index contributed by atoms with van der Waals surface area (Å²) < 4.78 is 0. The van der Waals surface area contributed by atoms with Gasteiger partial charge in [0.2, 0.25) is 0 Å². The van der Waals surface area contributed by atoms with Crippen LogP contribution < -0.4 is 21.0 Å². The van der Waals surface area contributed by atoms with Crippen LogP contribution in [0.1, 0.15) is 19.8 Å². The molecule has 0 aliphatic heterocycles. The molecule has 0 fully saturated rings. The minimum Gasteiger partial charge on any atom is -0.0817 e. The van der Waals surface area contributed by atoms with E-state index >= 15 is 0 Å². The zero-order chi connectivity index (χ0) is 25.3. The Morgan fingerprint density at radius 3 is 1.06 bits per heavy atom. The van der Waals surface area contributed by atoms with Crippen LogP contribution in [0, 0.1) is 0 Å². The monoisotopic (exact) mass is 710 g/mol. The zero-order valence-corrected chi connectivity index (χ0v) is 27.4. The number of hydrogen-bond acceptors (Lipinski definition) is 0. The van der Waals surface area contributed by atoms with Crippen molar-refractivity contribution in [3.63, 3.8) is 0 Å². The fourth-order valence-corrected chi connectivity index (χ4v) is 7.88. The molecule has 36 heavy (non-hydrogen) atoms. The van der Waals surface area contributed by atoms with E-state index in [9.17, 15) is 0 Å². The third kappa shape index (κ3) is 12.7. The van der Waals surface area contributed by atoms with Crippen molar-refractivity contribution >= 4 is 45.6 Å². The van der Waals surface area contributed by atoms with Gasteiger partial charge in [-0.15, -0.1) is 0 Å². The van der Waals surface area contributed by atoms with E-state index in [0.29, 0.717) is 0 Å². The molecule has 0 saturated heterocycles. The van der Waals surface area contributed by atoms with Crippen molar-refractivity contribution in [3.05, 3.63) is 121 Å². The van der Waals surface area contributed by atoms with Crippen molar-refractivity contribution < 1.29 is 21.1 Å². The molecule has 0 spiro atoms. The van der Waals surface area contributed by atoms with Gasteiger partial charge in [0.25, 0.3) is 0 Å². The largest absolute Gasteiger partial charge is 0.121 e. The first-order valence-electron chi connectivity index (χ1n) is 12.4. The Balaban J connectivity index is 0.000000291. The number of rotatable bonds is 7. The van der Waals surface area contributed by atoms with Crippen LogP contribution in [0.4, 0.5) is 0 Å². The minimum absolute atomic E-state index is 0. The van der Waals surface area contributed by atoms with Gasteiger partial charge in [-0.25, -0.2) is 0 Å². The molecular formula is C32H41P2PtSi. The second kappa shape index (κ2) is 19.7. The van der Waals surface area contributed by atoms with Crippen LogP contribution in [-0.4, -0.2) is 35.5 Å². The molecule has 0 nitrogen and oxygen atoms in total. The van der Waals surface area contributed by atoms with Crippen LogP contribution >= 0.6 is 15.8 Å². The van der Waals surface area contributed by atoms with Crippen LogP contribution in [0.2, 0.25) is 6.04 Å². The van der Waals surface area contributed by atoms with Gasteiger partial charge < -0.3 is 0 Å². The van der Waals surface area contributed by atoms with Gasteiger partial charge >= 0.3 is 0 Å². The van der Waals surface area contributed by atoms with Crippen LogP contribution in [0.25, 0.3) is 0 Å². The smallest absolute Gasteiger partial charge is 0.0817 e. The van der Waals surface area contributed by atoms with Crippen LogP contribution in [-0.2, 0) is 21.1 Å². The number of unbranched alkanes of at least 4 members (excludes halogenated alkanes) is 1. The van der Waals surface area contributed by atoms with E-state index in [1.54, 1.807) is 0 Å². The summed E-state index contributed by atoms with van der Waals surface area (Å²) in [6.07, 6.45) is 2.62. The average molecular weight is 711 g/mol. The van der Waals surface area contributed by atoms with Crippen molar-refractivity contribution in [1.29, 1.82) is 0 Å². The summed E-state index contributed by atoms with van der Waals surface area (Å²) in [7, 11) is -0.354. The predicted octanol–water partition coefficient (Wildman–Crippen LogP) is 7.20. The van der Waals surface area contributed by atoms with Crippen molar-refractivity contribution in [2.45, 2.75) is 25.8 Å².